The summed E-state index contributed by atoms with van der Waals surface area (Å²) in [5.74, 6) is -0.0683. The van der Waals surface area contributed by atoms with Crippen molar-refractivity contribution in [2.24, 2.45) is 5.73 Å². The van der Waals surface area contributed by atoms with Gasteiger partial charge in [-0.2, -0.15) is 0 Å². The molecule has 0 atom stereocenters. The third-order valence-corrected chi connectivity index (χ3v) is 2.60. The number of amides is 1. The lowest BCUT2D eigenvalue weighted by molar-refractivity contribution is -0.766. The van der Waals surface area contributed by atoms with Crippen LogP contribution in [-0.4, -0.2) is 28.2 Å². The van der Waals surface area contributed by atoms with Crippen molar-refractivity contribution in [2.75, 3.05) is 11.9 Å². The maximum absolute atomic E-state index is 11.1. The summed E-state index contributed by atoms with van der Waals surface area (Å²) < 4.78 is 0.744. The van der Waals surface area contributed by atoms with E-state index in [4.69, 9.17) is 5.73 Å². The zero-order chi connectivity index (χ0) is 9.42. The number of hydrogen-bond acceptors (Lipinski definition) is 4. The molecule has 1 aromatic rings. The first kappa shape index (κ1) is 8.06. The molecular formula is C7H8N3O2S+. The summed E-state index contributed by atoms with van der Waals surface area (Å²) in [6.45, 7) is -0.132. The molecule has 1 amide bonds. The van der Waals surface area contributed by atoms with E-state index in [1.165, 1.54) is 11.3 Å². The van der Waals surface area contributed by atoms with E-state index in [2.05, 4.69) is 5.32 Å². The van der Waals surface area contributed by atoms with Gasteiger partial charge in [-0.3, -0.25) is 10.5 Å². The van der Waals surface area contributed by atoms with Crippen molar-refractivity contribution in [1.82, 2.24) is 0 Å². The molecule has 13 heavy (non-hydrogen) atoms. The van der Waals surface area contributed by atoms with Crippen LogP contribution in [0.15, 0.2) is 11.4 Å². The van der Waals surface area contributed by atoms with Crippen LogP contribution in [0.1, 0.15) is 5.56 Å². The number of amidine groups is 1. The summed E-state index contributed by atoms with van der Waals surface area (Å²) in [7, 11) is 0. The van der Waals surface area contributed by atoms with Gasteiger partial charge < -0.3 is 10.5 Å². The Bertz CT molecular complexity index is 396. The van der Waals surface area contributed by atoms with Crippen LogP contribution in [0.5, 0.6) is 0 Å². The van der Waals surface area contributed by atoms with E-state index in [1.807, 2.05) is 0 Å². The molecule has 1 aromatic heterocycles. The van der Waals surface area contributed by atoms with Crippen LogP contribution in [0.2, 0.25) is 0 Å². The van der Waals surface area contributed by atoms with Crippen molar-refractivity contribution in [3.05, 3.63) is 17.0 Å². The third kappa shape index (κ3) is 1.25. The fraction of sp³-hybridized carbons (Fsp3) is 0.143. The summed E-state index contributed by atoms with van der Waals surface area (Å²) in [4.78, 5) is 11.1. The van der Waals surface area contributed by atoms with Crippen LogP contribution in [0.25, 0.3) is 0 Å². The van der Waals surface area contributed by atoms with Crippen LogP contribution in [0.4, 0.5) is 5.00 Å². The summed E-state index contributed by atoms with van der Waals surface area (Å²) in [5, 5.41) is 14.4. The fourth-order valence-corrected chi connectivity index (χ4v) is 1.95. The molecule has 0 fully saturated rings. The number of rotatable bonds is 0. The van der Waals surface area contributed by atoms with Crippen molar-refractivity contribution >= 4 is 28.1 Å². The Hall–Kier alpha value is -1.56. The zero-order valence-corrected chi connectivity index (χ0v) is 7.47. The number of fused-ring (bicyclic) bond motifs is 1. The largest absolute Gasteiger partial charge is 0.354 e. The molecule has 0 radical (unpaired) electrons. The van der Waals surface area contributed by atoms with E-state index in [9.17, 15) is 10.0 Å². The average molecular weight is 198 g/mol. The highest BCUT2D eigenvalue weighted by molar-refractivity contribution is 7.14. The molecule has 0 saturated carbocycles. The molecule has 2 rings (SSSR count). The molecule has 0 aromatic carbocycles. The Morgan fingerprint density at radius 3 is 3.23 bits per heavy atom. The summed E-state index contributed by atoms with van der Waals surface area (Å²) in [6.07, 6.45) is 0. The molecule has 0 bridgehead atoms. The maximum Gasteiger partial charge on any atom is 0.317 e. The quantitative estimate of drug-likeness (QED) is 0.399. The first-order valence-electron chi connectivity index (χ1n) is 3.65. The lowest BCUT2D eigenvalue weighted by atomic mass is 10.3. The lowest BCUT2D eigenvalue weighted by Crippen LogP contribution is -2.29. The Kier molecular flexibility index (Phi) is 1.70. The molecule has 1 aliphatic rings. The first-order valence-corrected chi connectivity index (χ1v) is 4.53. The Balaban J connectivity index is 2.58. The molecule has 0 unspecified atom stereocenters. The van der Waals surface area contributed by atoms with Crippen molar-refractivity contribution < 1.29 is 14.7 Å². The van der Waals surface area contributed by atoms with Gasteiger partial charge in [-0.15, -0.1) is 11.3 Å². The molecule has 68 valence electrons. The van der Waals surface area contributed by atoms with Gasteiger partial charge in [-0.05, 0) is 11.4 Å². The van der Waals surface area contributed by atoms with Crippen LogP contribution in [0.3, 0.4) is 0 Å². The molecule has 0 saturated heterocycles. The van der Waals surface area contributed by atoms with Crippen molar-refractivity contribution in [2.45, 2.75) is 0 Å². The van der Waals surface area contributed by atoms with E-state index in [0.29, 0.717) is 10.6 Å². The Labute approximate surface area is 78.1 Å². The third-order valence-electron chi connectivity index (χ3n) is 1.77. The van der Waals surface area contributed by atoms with Crippen LogP contribution < -0.4 is 11.1 Å². The Morgan fingerprint density at radius 1 is 1.69 bits per heavy atom. The number of hydroxylamine groups is 1. The number of thiophene rings is 1. The zero-order valence-electron chi connectivity index (χ0n) is 6.65. The van der Waals surface area contributed by atoms with Gasteiger partial charge >= 0.3 is 5.84 Å². The van der Waals surface area contributed by atoms with Crippen molar-refractivity contribution in [3.8, 4) is 0 Å². The van der Waals surface area contributed by atoms with Gasteiger partial charge in [0.05, 0.1) is 0 Å². The number of nitrogens with zero attached hydrogens (tertiary/aromatic N) is 1. The number of nitrogens with one attached hydrogen (secondary N) is 1. The van der Waals surface area contributed by atoms with Gasteiger partial charge in [0.25, 0.3) is 5.91 Å². The maximum atomic E-state index is 11.1. The summed E-state index contributed by atoms with van der Waals surface area (Å²) in [5.41, 5.74) is 6.27. The monoisotopic (exact) mass is 198 g/mol. The summed E-state index contributed by atoms with van der Waals surface area (Å²) >= 11 is 1.38. The fourth-order valence-electron chi connectivity index (χ4n) is 1.13. The van der Waals surface area contributed by atoms with E-state index in [-0.39, 0.29) is 18.3 Å². The molecular weight excluding hydrogens is 190 g/mol. The summed E-state index contributed by atoms with van der Waals surface area (Å²) in [6, 6.07) is 1.75. The van der Waals surface area contributed by atoms with Crippen LogP contribution in [0, 0.1) is 0 Å². The van der Waals surface area contributed by atoms with E-state index in [1.54, 1.807) is 11.4 Å². The predicted octanol–water partition coefficient (Wildman–Crippen LogP) is -0.193. The number of nitrogens with two attached hydrogens (primary N) is 1. The number of hydrogen-bond donors (Lipinski definition) is 3. The number of carbonyl (C=O) groups excluding carboxylic acids is 1. The minimum Gasteiger partial charge on any atom is -0.354 e. The second-order valence-corrected chi connectivity index (χ2v) is 3.57. The van der Waals surface area contributed by atoms with Gasteiger partial charge in [0, 0.05) is 0 Å². The molecule has 5 nitrogen and oxygen atoms in total. The topological polar surface area (TPSA) is 78.4 Å². The van der Waals surface area contributed by atoms with E-state index >= 15 is 0 Å². The van der Waals surface area contributed by atoms with E-state index < -0.39 is 0 Å². The van der Waals surface area contributed by atoms with Crippen molar-refractivity contribution in [1.29, 1.82) is 0 Å². The Morgan fingerprint density at radius 2 is 2.46 bits per heavy atom. The van der Waals surface area contributed by atoms with E-state index in [0.717, 1.165) is 4.74 Å². The van der Waals surface area contributed by atoms with Gasteiger partial charge in [0.2, 0.25) is 6.54 Å². The van der Waals surface area contributed by atoms with Crippen molar-refractivity contribution in [3.63, 3.8) is 0 Å². The van der Waals surface area contributed by atoms with Gasteiger partial charge in [-0.1, -0.05) is 4.74 Å². The van der Waals surface area contributed by atoms with Gasteiger partial charge in [0.15, 0.2) is 0 Å². The molecule has 0 spiro atoms. The number of carbonyl (C=O) groups is 1. The predicted molar refractivity (Wildman–Crippen MR) is 48.2 cm³/mol. The molecule has 4 N–H and O–H groups in total. The standard InChI is InChI=1S/C7H7N3O2S/c8-6-4-1-2-13-7(4)9-5(11)3-10(6)12/h1-2,12H,3H2,(H2,8,9,11)/p+1. The number of anilines is 1. The van der Waals surface area contributed by atoms with Gasteiger partial charge in [0.1, 0.15) is 10.6 Å². The van der Waals surface area contributed by atoms with Crippen LogP contribution in [-0.2, 0) is 4.79 Å². The molecule has 0 aliphatic carbocycles. The second kappa shape index (κ2) is 2.74. The second-order valence-electron chi connectivity index (χ2n) is 2.65. The minimum atomic E-state index is -0.272. The molecule has 1 aliphatic heterocycles. The van der Waals surface area contributed by atoms with Gasteiger partial charge in [-0.25, -0.2) is 0 Å². The van der Waals surface area contributed by atoms with Crippen LogP contribution >= 0.6 is 11.3 Å². The highest BCUT2D eigenvalue weighted by Gasteiger charge is 2.24. The average Bonchev–Trinajstić information content (AvgIpc) is 2.47. The lowest BCUT2D eigenvalue weighted by Gasteiger charge is -1.95. The highest BCUT2D eigenvalue weighted by atomic mass is 32.1. The molecule has 6 heteroatoms. The smallest absolute Gasteiger partial charge is 0.317 e. The first-order chi connectivity index (χ1) is 6.18. The highest BCUT2D eigenvalue weighted by Crippen LogP contribution is 2.23. The minimum absolute atomic E-state index is 0.132. The SMILES string of the molecule is NC1=[N+](O)CC(=O)Nc2sccc21. The molecule has 2 heterocycles. The normalized spacial score (nSPS) is 16.5.